The summed E-state index contributed by atoms with van der Waals surface area (Å²) in [5.74, 6) is 0.630. The number of benzene rings is 1. The molecule has 0 bridgehead atoms. The Kier molecular flexibility index (Phi) is 4.73. The largest absolute Gasteiger partial charge is 0.492 e. The van der Waals surface area contributed by atoms with Gasteiger partial charge in [-0.15, -0.1) is 0 Å². The first-order chi connectivity index (χ1) is 6.79. The number of nitrogens with two attached hydrogens (primary N) is 1. The topological polar surface area (TPSA) is 55.5 Å². The Labute approximate surface area is 88.4 Å². The van der Waals surface area contributed by atoms with Gasteiger partial charge in [-0.3, -0.25) is 0 Å². The maximum atomic E-state index is 8.60. The molecule has 0 radical (unpaired) electrons. The fraction of sp³-hybridized carbons (Fsp3) is 0.400. The van der Waals surface area contributed by atoms with Gasteiger partial charge in [0, 0.05) is 25.1 Å². The zero-order valence-corrected chi connectivity index (χ0v) is 8.63. The number of hydrogen-bond acceptors (Lipinski definition) is 3. The number of rotatable bonds is 5. The Bertz CT molecular complexity index is 291. The van der Waals surface area contributed by atoms with Crippen LogP contribution in [0.4, 0.5) is 0 Å². The first kappa shape index (κ1) is 11.3. The molecule has 0 saturated carbocycles. The van der Waals surface area contributed by atoms with E-state index in [1.165, 1.54) is 0 Å². The molecular weight excluding hydrogens is 202 g/mol. The van der Waals surface area contributed by atoms with Gasteiger partial charge in [0.25, 0.3) is 0 Å². The predicted molar refractivity (Wildman–Crippen MR) is 56.5 cm³/mol. The number of hydrogen-bond donors (Lipinski definition) is 2. The standard InChI is InChI=1S/C10H14ClNO2/c11-9-4-1-3-8(7-12)10(9)14-6-2-5-13/h1,3-4,13H,2,5-7,12H2. The van der Waals surface area contributed by atoms with Gasteiger partial charge < -0.3 is 15.6 Å². The highest BCUT2D eigenvalue weighted by Gasteiger charge is 2.06. The lowest BCUT2D eigenvalue weighted by atomic mass is 10.2. The van der Waals surface area contributed by atoms with Gasteiger partial charge in [-0.25, -0.2) is 0 Å². The molecule has 0 saturated heterocycles. The summed E-state index contributed by atoms with van der Waals surface area (Å²) in [6.07, 6.45) is 0.592. The van der Waals surface area contributed by atoms with Crippen molar-refractivity contribution >= 4 is 11.6 Å². The third kappa shape index (κ3) is 2.87. The molecule has 0 fully saturated rings. The van der Waals surface area contributed by atoms with Crippen molar-refractivity contribution in [2.45, 2.75) is 13.0 Å². The molecule has 0 aliphatic heterocycles. The highest BCUT2D eigenvalue weighted by Crippen LogP contribution is 2.28. The highest BCUT2D eigenvalue weighted by molar-refractivity contribution is 6.32. The summed E-state index contributed by atoms with van der Waals surface area (Å²) in [5.41, 5.74) is 6.42. The van der Waals surface area contributed by atoms with Gasteiger partial charge in [0.2, 0.25) is 0 Å². The molecule has 0 aliphatic carbocycles. The normalized spacial score (nSPS) is 10.2. The van der Waals surface area contributed by atoms with Crippen molar-refractivity contribution in [3.05, 3.63) is 28.8 Å². The maximum Gasteiger partial charge on any atom is 0.142 e. The summed E-state index contributed by atoms with van der Waals surface area (Å²) in [6.45, 7) is 0.963. The Balaban J connectivity index is 2.72. The molecule has 14 heavy (non-hydrogen) atoms. The second kappa shape index (κ2) is 5.86. The molecule has 3 N–H and O–H groups in total. The molecule has 1 rings (SSSR count). The predicted octanol–water partition coefficient (Wildman–Crippen LogP) is 1.56. The summed E-state index contributed by atoms with van der Waals surface area (Å²) < 4.78 is 5.43. The molecule has 0 spiro atoms. The van der Waals surface area contributed by atoms with Crippen LogP contribution in [0, 0.1) is 0 Å². The summed E-state index contributed by atoms with van der Waals surface area (Å²) in [7, 11) is 0. The SMILES string of the molecule is NCc1cccc(Cl)c1OCCCO. The molecule has 0 atom stereocenters. The van der Waals surface area contributed by atoms with Gasteiger partial charge in [0.05, 0.1) is 11.6 Å². The Morgan fingerprint density at radius 2 is 2.21 bits per heavy atom. The van der Waals surface area contributed by atoms with Gasteiger partial charge in [-0.05, 0) is 6.07 Å². The average molecular weight is 216 g/mol. The Hall–Kier alpha value is -0.770. The Morgan fingerprint density at radius 1 is 1.43 bits per heavy atom. The van der Waals surface area contributed by atoms with Gasteiger partial charge in [-0.2, -0.15) is 0 Å². The zero-order chi connectivity index (χ0) is 10.4. The van der Waals surface area contributed by atoms with Crippen molar-refractivity contribution in [1.82, 2.24) is 0 Å². The van der Waals surface area contributed by atoms with E-state index in [0.29, 0.717) is 30.3 Å². The molecule has 78 valence electrons. The summed E-state index contributed by atoms with van der Waals surface area (Å²) in [5, 5.41) is 9.16. The van der Waals surface area contributed by atoms with E-state index in [1.54, 1.807) is 6.07 Å². The quantitative estimate of drug-likeness (QED) is 0.733. The molecule has 0 aliphatic rings. The van der Waals surface area contributed by atoms with Crippen LogP contribution < -0.4 is 10.5 Å². The van der Waals surface area contributed by atoms with Crippen LogP contribution in [0.5, 0.6) is 5.75 Å². The molecule has 0 unspecified atom stereocenters. The van der Waals surface area contributed by atoms with E-state index in [-0.39, 0.29) is 6.61 Å². The minimum atomic E-state index is 0.114. The summed E-state index contributed by atoms with van der Waals surface area (Å²) in [6, 6.07) is 5.47. The smallest absolute Gasteiger partial charge is 0.142 e. The van der Waals surface area contributed by atoms with Crippen LogP contribution in [0.2, 0.25) is 5.02 Å². The van der Waals surface area contributed by atoms with Crippen LogP contribution in [0.3, 0.4) is 0 Å². The number of para-hydroxylation sites is 1. The van der Waals surface area contributed by atoms with E-state index in [1.807, 2.05) is 12.1 Å². The van der Waals surface area contributed by atoms with Crippen LogP contribution in [-0.4, -0.2) is 18.3 Å². The highest BCUT2D eigenvalue weighted by atomic mass is 35.5. The van der Waals surface area contributed by atoms with E-state index >= 15 is 0 Å². The van der Waals surface area contributed by atoms with Crippen molar-refractivity contribution in [3.8, 4) is 5.75 Å². The fourth-order valence-corrected chi connectivity index (χ4v) is 1.36. The molecule has 0 amide bonds. The van der Waals surface area contributed by atoms with Gasteiger partial charge in [-0.1, -0.05) is 23.7 Å². The lowest BCUT2D eigenvalue weighted by molar-refractivity contribution is 0.232. The fourth-order valence-electron chi connectivity index (χ4n) is 1.11. The minimum absolute atomic E-state index is 0.114. The monoisotopic (exact) mass is 215 g/mol. The van der Waals surface area contributed by atoms with Crippen molar-refractivity contribution in [3.63, 3.8) is 0 Å². The van der Waals surface area contributed by atoms with Crippen LogP contribution in [0.1, 0.15) is 12.0 Å². The second-order valence-corrected chi connectivity index (χ2v) is 3.27. The van der Waals surface area contributed by atoms with Gasteiger partial charge in [0.1, 0.15) is 5.75 Å². The molecule has 0 heterocycles. The van der Waals surface area contributed by atoms with Crippen LogP contribution in [-0.2, 0) is 6.54 Å². The average Bonchev–Trinajstić information content (AvgIpc) is 2.20. The molecule has 4 heteroatoms. The number of halogens is 1. The third-order valence-electron chi connectivity index (χ3n) is 1.82. The van der Waals surface area contributed by atoms with Crippen molar-refractivity contribution < 1.29 is 9.84 Å². The minimum Gasteiger partial charge on any atom is -0.492 e. The number of ether oxygens (including phenoxy) is 1. The van der Waals surface area contributed by atoms with E-state index < -0.39 is 0 Å². The number of aliphatic hydroxyl groups excluding tert-OH is 1. The molecule has 3 nitrogen and oxygen atoms in total. The first-order valence-corrected chi connectivity index (χ1v) is 4.88. The van der Waals surface area contributed by atoms with Crippen LogP contribution in [0.25, 0.3) is 0 Å². The van der Waals surface area contributed by atoms with E-state index in [0.717, 1.165) is 5.56 Å². The van der Waals surface area contributed by atoms with E-state index in [9.17, 15) is 0 Å². The zero-order valence-electron chi connectivity index (χ0n) is 7.87. The summed E-state index contributed by atoms with van der Waals surface area (Å²) >= 11 is 5.94. The van der Waals surface area contributed by atoms with Gasteiger partial charge in [0.15, 0.2) is 0 Å². The lowest BCUT2D eigenvalue weighted by Gasteiger charge is -2.11. The second-order valence-electron chi connectivity index (χ2n) is 2.86. The van der Waals surface area contributed by atoms with Gasteiger partial charge >= 0.3 is 0 Å². The van der Waals surface area contributed by atoms with E-state index in [4.69, 9.17) is 27.2 Å². The Morgan fingerprint density at radius 3 is 2.86 bits per heavy atom. The molecule has 1 aromatic rings. The lowest BCUT2D eigenvalue weighted by Crippen LogP contribution is -2.05. The van der Waals surface area contributed by atoms with Crippen molar-refractivity contribution in [2.75, 3.05) is 13.2 Å². The van der Waals surface area contributed by atoms with E-state index in [2.05, 4.69) is 0 Å². The molecular formula is C10H14ClNO2. The summed E-state index contributed by atoms with van der Waals surface area (Å²) in [4.78, 5) is 0. The maximum absolute atomic E-state index is 8.60. The third-order valence-corrected chi connectivity index (χ3v) is 2.11. The van der Waals surface area contributed by atoms with Crippen molar-refractivity contribution in [1.29, 1.82) is 0 Å². The van der Waals surface area contributed by atoms with Crippen LogP contribution >= 0.6 is 11.6 Å². The first-order valence-electron chi connectivity index (χ1n) is 4.50. The van der Waals surface area contributed by atoms with Crippen molar-refractivity contribution in [2.24, 2.45) is 5.73 Å². The molecule has 0 aromatic heterocycles. The van der Waals surface area contributed by atoms with Crippen LogP contribution in [0.15, 0.2) is 18.2 Å². The number of aliphatic hydroxyl groups is 1. The molecule has 1 aromatic carbocycles.